The lowest BCUT2D eigenvalue weighted by Gasteiger charge is -2.24. The number of Topliss-reactive ketones (excluding diaryl/α,β-unsaturated/α-hetero) is 1. The quantitative estimate of drug-likeness (QED) is 0.128. The molecule has 4 aromatic carbocycles. The molecular weight excluding hydrogens is 576 g/mol. The number of fused-ring (bicyclic) bond motifs is 2. The molecule has 0 aliphatic carbocycles. The largest absolute Gasteiger partial charge is 0.507 e. The highest BCUT2D eigenvalue weighted by atomic mass is 32.1. The van der Waals surface area contributed by atoms with Crippen LogP contribution in [0.25, 0.3) is 16.0 Å². The summed E-state index contributed by atoms with van der Waals surface area (Å²) in [6.45, 7) is 5.12. The van der Waals surface area contributed by atoms with Gasteiger partial charge < -0.3 is 19.3 Å². The number of aryl methyl sites for hydroxylation is 2. The number of hydrogen-bond acceptors (Lipinski definition) is 8. The van der Waals surface area contributed by atoms with Crippen LogP contribution in [0.5, 0.6) is 17.2 Å². The van der Waals surface area contributed by atoms with E-state index in [-0.39, 0.29) is 11.3 Å². The number of rotatable bonds is 6. The van der Waals surface area contributed by atoms with Crippen molar-refractivity contribution < 1.29 is 28.9 Å². The van der Waals surface area contributed by atoms with Gasteiger partial charge in [0.15, 0.2) is 16.6 Å². The number of anilines is 1. The van der Waals surface area contributed by atoms with Gasteiger partial charge in [-0.15, -0.1) is 0 Å². The van der Waals surface area contributed by atoms with E-state index in [9.17, 15) is 14.7 Å². The summed E-state index contributed by atoms with van der Waals surface area (Å²) in [5.74, 6) is -0.306. The number of aromatic nitrogens is 1. The normalized spacial score (nSPS) is 17.3. The summed E-state index contributed by atoms with van der Waals surface area (Å²) in [5, 5.41) is 12.1. The molecule has 0 spiro atoms. The van der Waals surface area contributed by atoms with Crippen molar-refractivity contribution in [2.75, 3.05) is 18.1 Å². The Labute approximate surface area is 257 Å². The molecule has 1 atom stereocenters. The smallest absolute Gasteiger partial charge is 0.301 e. The number of carbonyl (C=O) groups excluding carboxylic acids is 2. The Morgan fingerprint density at radius 2 is 1.75 bits per heavy atom. The predicted octanol–water partition coefficient (Wildman–Crippen LogP) is 6.89. The van der Waals surface area contributed by atoms with E-state index in [0.717, 1.165) is 26.9 Å². The molecule has 1 fully saturated rings. The van der Waals surface area contributed by atoms with Crippen LogP contribution in [0, 0.1) is 13.8 Å². The molecule has 1 unspecified atom stereocenters. The molecule has 220 valence electrons. The lowest BCUT2D eigenvalue weighted by Crippen LogP contribution is -2.29. The van der Waals surface area contributed by atoms with Gasteiger partial charge in [-0.1, -0.05) is 59.9 Å². The second kappa shape index (κ2) is 11.2. The second-order valence-corrected chi connectivity index (χ2v) is 11.8. The lowest BCUT2D eigenvalue weighted by molar-refractivity contribution is -0.132. The number of aliphatic hydroxyl groups is 1. The highest BCUT2D eigenvalue weighted by Crippen LogP contribution is 2.46. The van der Waals surface area contributed by atoms with Gasteiger partial charge in [0.05, 0.1) is 21.8 Å². The first kappa shape index (κ1) is 27.7. The van der Waals surface area contributed by atoms with E-state index >= 15 is 0 Å². The number of amides is 1. The zero-order valence-electron chi connectivity index (χ0n) is 24.1. The van der Waals surface area contributed by atoms with Gasteiger partial charge in [-0.05, 0) is 72.5 Å². The van der Waals surface area contributed by atoms with E-state index in [4.69, 9.17) is 19.2 Å². The minimum Gasteiger partial charge on any atom is -0.507 e. The number of aliphatic hydroxyl groups excluding tert-OH is 1. The van der Waals surface area contributed by atoms with Gasteiger partial charge in [-0.3, -0.25) is 14.5 Å². The van der Waals surface area contributed by atoms with Gasteiger partial charge in [0.1, 0.15) is 31.3 Å². The third kappa shape index (κ3) is 4.95. The zero-order valence-corrected chi connectivity index (χ0v) is 24.9. The van der Waals surface area contributed by atoms with Crippen molar-refractivity contribution in [3.8, 4) is 17.2 Å². The molecule has 3 heterocycles. The monoisotopic (exact) mass is 604 g/mol. The van der Waals surface area contributed by atoms with Crippen molar-refractivity contribution in [2.24, 2.45) is 0 Å². The Morgan fingerprint density at radius 3 is 2.57 bits per heavy atom. The van der Waals surface area contributed by atoms with E-state index in [1.54, 1.807) is 24.3 Å². The van der Waals surface area contributed by atoms with Crippen molar-refractivity contribution in [1.82, 2.24) is 4.98 Å². The first-order valence-electron chi connectivity index (χ1n) is 14.2. The van der Waals surface area contributed by atoms with E-state index < -0.39 is 17.7 Å². The summed E-state index contributed by atoms with van der Waals surface area (Å²) >= 11 is 1.34. The summed E-state index contributed by atoms with van der Waals surface area (Å²) < 4.78 is 18.3. The molecule has 44 heavy (non-hydrogen) atoms. The highest BCUT2D eigenvalue weighted by molar-refractivity contribution is 7.22. The number of hydrogen-bond donors (Lipinski definition) is 1. The van der Waals surface area contributed by atoms with Crippen molar-refractivity contribution in [3.05, 3.63) is 118 Å². The Balaban J connectivity index is 1.36. The van der Waals surface area contributed by atoms with Crippen LogP contribution in [0.2, 0.25) is 0 Å². The lowest BCUT2D eigenvalue weighted by atomic mass is 9.95. The van der Waals surface area contributed by atoms with Crippen molar-refractivity contribution in [1.29, 1.82) is 0 Å². The SMILES string of the molecule is Cc1cc(C)c2nc(N3C(=O)C(=O)C(=C(O)c4ccc5c(c4)OCCO5)C3c3cccc(OCc4ccccc4)c3)sc2c1. The molecule has 0 radical (unpaired) electrons. The third-order valence-corrected chi connectivity index (χ3v) is 8.71. The summed E-state index contributed by atoms with van der Waals surface area (Å²) in [4.78, 5) is 33.8. The summed E-state index contributed by atoms with van der Waals surface area (Å²) in [7, 11) is 0. The van der Waals surface area contributed by atoms with Gasteiger partial charge in [0, 0.05) is 5.56 Å². The molecule has 0 saturated carbocycles. The van der Waals surface area contributed by atoms with Crippen LogP contribution in [0.15, 0.2) is 90.5 Å². The number of ketones is 1. The Kier molecular flexibility index (Phi) is 7.02. The number of nitrogens with zero attached hydrogens (tertiary/aromatic N) is 2. The molecule has 1 N–H and O–H groups in total. The molecule has 1 aromatic heterocycles. The number of thiazole rings is 1. The van der Waals surface area contributed by atoms with Gasteiger partial charge in [0.25, 0.3) is 5.78 Å². The van der Waals surface area contributed by atoms with E-state index in [0.29, 0.717) is 53.3 Å². The average molecular weight is 605 g/mol. The molecule has 5 aromatic rings. The first-order valence-corrected chi connectivity index (χ1v) is 15.0. The molecule has 1 amide bonds. The van der Waals surface area contributed by atoms with Crippen molar-refractivity contribution in [2.45, 2.75) is 26.5 Å². The fourth-order valence-corrected chi connectivity index (χ4v) is 6.84. The number of ether oxygens (including phenoxy) is 3. The predicted molar refractivity (Wildman–Crippen MR) is 169 cm³/mol. The van der Waals surface area contributed by atoms with Gasteiger partial charge in [0.2, 0.25) is 0 Å². The first-order chi connectivity index (χ1) is 21.4. The maximum atomic E-state index is 13.8. The van der Waals surface area contributed by atoms with Crippen LogP contribution in [0.1, 0.15) is 33.9 Å². The highest BCUT2D eigenvalue weighted by Gasteiger charge is 2.48. The fourth-order valence-electron chi connectivity index (χ4n) is 5.67. The average Bonchev–Trinajstić information content (AvgIpc) is 3.58. The molecule has 7 rings (SSSR count). The Morgan fingerprint density at radius 1 is 0.955 bits per heavy atom. The number of carbonyl (C=O) groups is 2. The van der Waals surface area contributed by atoms with Crippen LogP contribution < -0.4 is 19.1 Å². The summed E-state index contributed by atoms with van der Waals surface area (Å²) in [5.41, 5.74) is 4.71. The fraction of sp³-hybridized carbons (Fsp3) is 0.171. The van der Waals surface area contributed by atoms with E-state index in [2.05, 4.69) is 0 Å². The number of benzene rings is 4. The molecule has 2 aliphatic heterocycles. The second-order valence-electron chi connectivity index (χ2n) is 10.8. The molecular formula is C35H28N2O6S. The van der Waals surface area contributed by atoms with Crippen LogP contribution in [-0.2, 0) is 16.2 Å². The summed E-state index contributed by atoms with van der Waals surface area (Å²) in [6, 6.07) is 25.1. The van der Waals surface area contributed by atoms with Crippen molar-refractivity contribution >= 4 is 44.1 Å². The van der Waals surface area contributed by atoms with Gasteiger partial charge in [-0.25, -0.2) is 4.98 Å². The van der Waals surface area contributed by atoms with Gasteiger partial charge in [-0.2, -0.15) is 0 Å². The van der Waals surface area contributed by atoms with Crippen LogP contribution in [-0.4, -0.2) is 35.0 Å². The topological polar surface area (TPSA) is 98.2 Å². The van der Waals surface area contributed by atoms with E-state index in [1.165, 1.54) is 16.2 Å². The maximum Gasteiger partial charge on any atom is 0.301 e. The maximum absolute atomic E-state index is 13.8. The van der Waals surface area contributed by atoms with Crippen LogP contribution in [0.3, 0.4) is 0 Å². The van der Waals surface area contributed by atoms with Gasteiger partial charge >= 0.3 is 5.91 Å². The molecule has 8 nitrogen and oxygen atoms in total. The molecule has 2 aliphatic rings. The zero-order chi connectivity index (χ0) is 30.4. The molecule has 1 saturated heterocycles. The standard InChI is InChI=1S/C35H28N2O6S/c1-20-15-21(2)30-28(16-20)44-35(36-30)37-31(23-9-6-10-25(17-23)43-19-22-7-4-3-5-8-22)29(33(39)34(37)40)32(38)24-11-12-26-27(18-24)42-14-13-41-26/h3-12,15-18,31,38H,13-14,19H2,1-2H3. The summed E-state index contributed by atoms with van der Waals surface area (Å²) in [6.07, 6.45) is 0. The molecule has 0 bridgehead atoms. The van der Waals surface area contributed by atoms with E-state index in [1.807, 2.05) is 74.5 Å². The third-order valence-electron chi connectivity index (χ3n) is 7.71. The molecule has 9 heteroatoms. The van der Waals surface area contributed by atoms with Crippen molar-refractivity contribution in [3.63, 3.8) is 0 Å². The van der Waals surface area contributed by atoms with Crippen LogP contribution >= 0.6 is 11.3 Å². The Hall–Kier alpha value is -5.15. The van der Waals surface area contributed by atoms with Crippen LogP contribution in [0.4, 0.5) is 5.13 Å². The Bertz CT molecular complexity index is 1970. The minimum atomic E-state index is -0.953. The minimum absolute atomic E-state index is 0.0426.